The summed E-state index contributed by atoms with van der Waals surface area (Å²) in [6.07, 6.45) is 1.37. The van der Waals surface area contributed by atoms with E-state index in [0.717, 1.165) is 0 Å². The second-order valence-electron chi connectivity index (χ2n) is 6.54. The predicted octanol–water partition coefficient (Wildman–Crippen LogP) is 4.02. The topological polar surface area (TPSA) is 58.6 Å². The van der Waals surface area contributed by atoms with Crippen molar-refractivity contribution in [3.63, 3.8) is 0 Å². The molecule has 1 aliphatic rings. The maximum absolute atomic E-state index is 13.9. The predicted molar refractivity (Wildman–Crippen MR) is 108 cm³/mol. The van der Waals surface area contributed by atoms with E-state index >= 15 is 0 Å². The van der Waals surface area contributed by atoms with Crippen LogP contribution in [0.1, 0.15) is 10.4 Å². The molecule has 0 saturated carbocycles. The van der Waals surface area contributed by atoms with Crippen LogP contribution in [0.15, 0.2) is 60.9 Å². The number of nitrogens with zero attached hydrogens (tertiary/aromatic N) is 4. The summed E-state index contributed by atoms with van der Waals surface area (Å²) in [5.41, 5.74) is 0.684. The van der Waals surface area contributed by atoms with Crippen molar-refractivity contribution in [2.75, 3.05) is 31.1 Å². The highest BCUT2D eigenvalue weighted by molar-refractivity contribution is 6.30. The molecule has 0 aliphatic carbocycles. The molecule has 1 amide bonds. The summed E-state index contributed by atoms with van der Waals surface area (Å²) in [5.74, 6) is 0.397. The zero-order valence-corrected chi connectivity index (χ0v) is 16.2. The maximum atomic E-state index is 13.9. The Bertz CT molecular complexity index is 1010. The fraction of sp³-hybridized carbons (Fsp3) is 0.190. The first-order valence-corrected chi connectivity index (χ1v) is 9.52. The van der Waals surface area contributed by atoms with E-state index in [1.165, 1.54) is 18.5 Å². The summed E-state index contributed by atoms with van der Waals surface area (Å²) in [6, 6.07) is 15.1. The van der Waals surface area contributed by atoms with Gasteiger partial charge in [-0.3, -0.25) is 4.79 Å². The first-order chi connectivity index (χ1) is 14.1. The van der Waals surface area contributed by atoms with Gasteiger partial charge in [-0.2, -0.15) is 0 Å². The maximum Gasteiger partial charge on any atom is 0.253 e. The summed E-state index contributed by atoms with van der Waals surface area (Å²) in [5, 5.41) is 0.293. The molecule has 1 aliphatic heterocycles. The number of piperazine rings is 1. The van der Waals surface area contributed by atoms with Gasteiger partial charge in [0.05, 0.1) is 0 Å². The average molecular weight is 413 g/mol. The van der Waals surface area contributed by atoms with E-state index < -0.39 is 5.82 Å². The van der Waals surface area contributed by atoms with Gasteiger partial charge in [-0.05, 0) is 30.3 Å². The number of benzene rings is 2. The van der Waals surface area contributed by atoms with E-state index in [1.807, 2.05) is 40.1 Å². The molecule has 0 atom stereocenters. The first-order valence-electron chi connectivity index (χ1n) is 9.14. The fourth-order valence-corrected chi connectivity index (χ4v) is 3.29. The highest BCUT2D eigenvalue weighted by Gasteiger charge is 2.23. The Morgan fingerprint density at radius 3 is 2.48 bits per heavy atom. The highest BCUT2D eigenvalue weighted by atomic mass is 35.5. The third-order valence-corrected chi connectivity index (χ3v) is 4.88. The van der Waals surface area contributed by atoms with Crippen molar-refractivity contribution in [2.45, 2.75) is 0 Å². The number of ether oxygens (including phenoxy) is 1. The van der Waals surface area contributed by atoms with Crippen molar-refractivity contribution in [1.29, 1.82) is 0 Å². The summed E-state index contributed by atoms with van der Waals surface area (Å²) in [6.45, 7) is 2.42. The lowest BCUT2D eigenvalue weighted by atomic mass is 10.2. The van der Waals surface area contributed by atoms with Crippen LogP contribution in [-0.4, -0.2) is 47.0 Å². The van der Waals surface area contributed by atoms with E-state index in [2.05, 4.69) is 9.97 Å². The van der Waals surface area contributed by atoms with Crippen LogP contribution < -0.4 is 9.64 Å². The quantitative estimate of drug-likeness (QED) is 0.647. The standard InChI is InChI=1S/C21H18ClFN4O2/c22-16-6-7-18(17(23)12-16)29-20-13-19(24-14-25-20)26-8-10-27(11-9-26)21(28)15-4-2-1-3-5-15/h1-7,12-14H,8-11H2. The van der Waals surface area contributed by atoms with E-state index in [9.17, 15) is 9.18 Å². The molecule has 0 unspecified atom stereocenters. The van der Waals surface area contributed by atoms with Crippen LogP contribution in [0.4, 0.5) is 10.2 Å². The molecule has 6 nitrogen and oxygen atoms in total. The molecular weight excluding hydrogens is 395 g/mol. The number of anilines is 1. The molecule has 0 N–H and O–H groups in total. The smallest absolute Gasteiger partial charge is 0.253 e. The Morgan fingerprint density at radius 2 is 1.76 bits per heavy atom. The molecule has 0 bridgehead atoms. The van der Waals surface area contributed by atoms with Crippen LogP contribution >= 0.6 is 11.6 Å². The van der Waals surface area contributed by atoms with Crippen LogP contribution in [0, 0.1) is 5.82 Å². The number of aromatic nitrogens is 2. The third-order valence-electron chi connectivity index (χ3n) is 4.65. The van der Waals surface area contributed by atoms with E-state index in [1.54, 1.807) is 12.1 Å². The number of carbonyl (C=O) groups is 1. The van der Waals surface area contributed by atoms with Crippen LogP contribution in [0.5, 0.6) is 11.6 Å². The summed E-state index contributed by atoms with van der Waals surface area (Å²) in [7, 11) is 0. The molecule has 0 spiro atoms. The molecule has 1 aromatic heterocycles. The van der Waals surface area contributed by atoms with Gasteiger partial charge in [-0.1, -0.05) is 29.8 Å². The Labute approximate surface area is 172 Å². The van der Waals surface area contributed by atoms with Crippen molar-refractivity contribution in [2.24, 2.45) is 0 Å². The number of halogens is 2. The Morgan fingerprint density at radius 1 is 1.00 bits per heavy atom. The van der Waals surface area contributed by atoms with Crippen LogP contribution in [0.3, 0.4) is 0 Å². The SMILES string of the molecule is O=C(c1ccccc1)N1CCN(c2cc(Oc3ccc(Cl)cc3F)ncn2)CC1. The van der Waals surface area contributed by atoms with Crippen LogP contribution in [0.25, 0.3) is 0 Å². The summed E-state index contributed by atoms with van der Waals surface area (Å²) < 4.78 is 19.5. The van der Waals surface area contributed by atoms with Crippen molar-refractivity contribution < 1.29 is 13.9 Å². The lowest BCUT2D eigenvalue weighted by Crippen LogP contribution is -2.49. The average Bonchev–Trinajstić information content (AvgIpc) is 2.76. The molecular formula is C21H18ClFN4O2. The summed E-state index contributed by atoms with van der Waals surface area (Å²) in [4.78, 5) is 24.8. The molecule has 148 valence electrons. The van der Waals surface area contributed by atoms with Gasteiger partial charge in [0.2, 0.25) is 5.88 Å². The van der Waals surface area contributed by atoms with Crippen LogP contribution in [-0.2, 0) is 0 Å². The van der Waals surface area contributed by atoms with Crippen LogP contribution in [0.2, 0.25) is 5.02 Å². The molecule has 1 fully saturated rings. The fourth-order valence-electron chi connectivity index (χ4n) is 3.13. The zero-order chi connectivity index (χ0) is 20.2. The minimum atomic E-state index is -0.564. The van der Waals surface area contributed by atoms with Crippen molar-refractivity contribution >= 4 is 23.3 Å². The Hall–Kier alpha value is -3.19. The van der Waals surface area contributed by atoms with Gasteiger partial charge in [0.1, 0.15) is 12.1 Å². The lowest BCUT2D eigenvalue weighted by Gasteiger charge is -2.35. The van der Waals surface area contributed by atoms with Gasteiger partial charge < -0.3 is 14.5 Å². The van der Waals surface area contributed by atoms with Crippen molar-refractivity contribution in [3.05, 3.63) is 77.3 Å². The number of carbonyl (C=O) groups excluding carboxylic acids is 1. The number of hydrogen-bond acceptors (Lipinski definition) is 5. The third kappa shape index (κ3) is 4.46. The minimum Gasteiger partial charge on any atom is -0.436 e. The van der Waals surface area contributed by atoms with Gasteiger partial charge in [-0.25, -0.2) is 14.4 Å². The largest absolute Gasteiger partial charge is 0.436 e. The normalized spacial score (nSPS) is 14.0. The molecule has 4 rings (SSSR count). The first kappa shape index (κ1) is 19.1. The minimum absolute atomic E-state index is 0.0233. The van der Waals surface area contributed by atoms with Gasteiger partial charge >= 0.3 is 0 Å². The number of amides is 1. The van der Waals surface area contributed by atoms with E-state index in [-0.39, 0.29) is 17.5 Å². The second kappa shape index (κ2) is 8.45. The van der Waals surface area contributed by atoms with E-state index in [0.29, 0.717) is 42.6 Å². The Balaban J connectivity index is 1.41. The molecule has 29 heavy (non-hydrogen) atoms. The zero-order valence-electron chi connectivity index (χ0n) is 15.5. The van der Waals surface area contributed by atoms with Gasteiger partial charge in [-0.15, -0.1) is 0 Å². The molecule has 8 heteroatoms. The summed E-state index contributed by atoms with van der Waals surface area (Å²) >= 11 is 5.76. The molecule has 2 heterocycles. The molecule has 3 aromatic rings. The van der Waals surface area contributed by atoms with Gasteiger partial charge in [0, 0.05) is 42.8 Å². The van der Waals surface area contributed by atoms with Gasteiger partial charge in [0.15, 0.2) is 11.6 Å². The van der Waals surface area contributed by atoms with Crippen molar-refractivity contribution in [3.8, 4) is 11.6 Å². The number of hydrogen-bond donors (Lipinski definition) is 0. The monoisotopic (exact) mass is 412 g/mol. The molecule has 1 saturated heterocycles. The van der Waals surface area contributed by atoms with E-state index in [4.69, 9.17) is 16.3 Å². The second-order valence-corrected chi connectivity index (χ2v) is 6.97. The highest BCUT2D eigenvalue weighted by Crippen LogP contribution is 2.27. The Kier molecular flexibility index (Phi) is 5.57. The molecule has 2 aromatic carbocycles. The lowest BCUT2D eigenvalue weighted by molar-refractivity contribution is 0.0746. The van der Waals surface area contributed by atoms with Crippen molar-refractivity contribution in [1.82, 2.24) is 14.9 Å². The number of rotatable bonds is 4. The molecule has 0 radical (unpaired) electrons. The van der Waals surface area contributed by atoms with Gasteiger partial charge in [0.25, 0.3) is 5.91 Å².